The van der Waals surface area contributed by atoms with Crippen molar-refractivity contribution in [3.63, 3.8) is 0 Å². The number of carbonyl (C=O) groups excluding carboxylic acids is 1. The molecular weight excluding hydrogens is 308 g/mol. The van der Waals surface area contributed by atoms with Crippen LogP contribution in [0.3, 0.4) is 0 Å². The molecule has 0 bridgehead atoms. The highest BCUT2D eigenvalue weighted by molar-refractivity contribution is 5.87. The van der Waals surface area contributed by atoms with E-state index in [1.54, 1.807) is 18.2 Å². The lowest BCUT2D eigenvalue weighted by atomic mass is 9.97. The van der Waals surface area contributed by atoms with Crippen LogP contribution in [0.2, 0.25) is 0 Å². The predicted molar refractivity (Wildman–Crippen MR) is 89.1 cm³/mol. The van der Waals surface area contributed by atoms with E-state index in [1.807, 2.05) is 11.0 Å². The van der Waals surface area contributed by atoms with Crippen molar-refractivity contribution >= 4 is 11.9 Å². The van der Waals surface area contributed by atoms with Gasteiger partial charge >= 0.3 is 5.97 Å². The molecule has 2 aliphatic heterocycles. The molecule has 0 saturated carbocycles. The Morgan fingerprint density at radius 2 is 2.00 bits per heavy atom. The Labute approximate surface area is 142 Å². The van der Waals surface area contributed by atoms with Crippen LogP contribution >= 0.6 is 0 Å². The van der Waals surface area contributed by atoms with Gasteiger partial charge in [0.2, 0.25) is 5.91 Å². The van der Waals surface area contributed by atoms with Gasteiger partial charge in [-0.25, -0.2) is 4.79 Å². The monoisotopic (exact) mass is 332 g/mol. The number of hydrogen-bond donors (Lipinski definition) is 1. The summed E-state index contributed by atoms with van der Waals surface area (Å²) in [5.74, 6) is -0.299. The number of benzene rings is 1. The zero-order chi connectivity index (χ0) is 16.9. The molecule has 2 heterocycles. The second-order valence-electron chi connectivity index (χ2n) is 6.59. The Morgan fingerprint density at radius 1 is 1.21 bits per heavy atom. The summed E-state index contributed by atoms with van der Waals surface area (Å²) in [7, 11) is 0. The van der Waals surface area contributed by atoms with E-state index in [-0.39, 0.29) is 5.91 Å². The van der Waals surface area contributed by atoms with E-state index >= 15 is 0 Å². The van der Waals surface area contributed by atoms with Crippen molar-refractivity contribution in [1.29, 1.82) is 0 Å². The maximum absolute atomic E-state index is 12.4. The third kappa shape index (κ3) is 4.33. The van der Waals surface area contributed by atoms with E-state index < -0.39 is 5.97 Å². The second-order valence-corrected chi connectivity index (χ2v) is 6.59. The maximum Gasteiger partial charge on any atom is 0.335 e. The number of ether oxygens (including phenoxy) is 1. The van der Waals surface area contributed by atoms with Gasteiger partial charge in [0.25, 0.3) is 0 Å². The number of carboxylic acid groups (broad SMARTS) is 1. The highest BCUT2D eigenvalue weighted by atomic mass is 16.5. The summed E-state index contributed by atoms with van der Waals surface area (Å²) in [5, 5.41) is 9.07. The number of morpholine rings is 1. The molecule has 6 heteroatoms. The van der Waals surface area contributed by atoms with Crippen LogP contribution in [0.5, 0.6) is 0 Å². The number of nitrogens with zero attached hydrogens (tertiary/aromatic N) is 2. The molecule has 6 nitrogen and oxygen atoms in total. The van der Waals surface area contributed by atoms with E-state index in [0.717, 1.165) is 44.6 Å². The van der Waals surface area contributed by atoms with E-state index in [9.17, 15) is 9.59 Å². The van der Waals surface area contributed by atoms with Gasteiger partial charge in [-0.15, -0.1) is 0 Å². The molecule has 1 aromatic carbocycles. The molecule has 1 amide bonds. The van der Waals surface area contributed by atoms with E-state index in [0.29, 0.717) is 31.2 Å². The molecule has 1 atom stereocenters. The standard InChI is InChI=1S/C18H24N2O4/c21-17(13-19-6-8-24-9-7-19)20-5-4-15(12-20)10-14-2-1-3-16(11-14)18(22)23/h1-3,11,15H,4-10,12-13H2,(H,22,23). The summed E-state index contributed by atoms with van der Waals surface area (Å²) in [6.45, 7) is 5.10. The molecule has 2 fully saturated rings. The van der Waals surface area contributed by atoms with E-state index in [2.05, 4.69) is 4.90 Å². The van der Waals surface area contributed by atoms with E-state index in [1.165, 1.54) is 0 Å². The predicted octanol–water partition coefficient (Wildman–Crippen LogP) is 1.11. The van der Waals surface area contributed by atoms with Crippen molar-refractivity contribution in [3.8, 4) is 0 Å². The highest BCUT2D eigenvalue weighted by Gasteiger charge is 2.27. The second kappa shape index (κ2) is 7.77. The summed E-state index contributed by atoms with van der Waals surface area (Å²) < 4.78 is 5.31. The molecule has 24 heavy (non-hydrogen) atoms. The van der Waals surface area contributed by atoms with Crippen molar-refractivity contribution in [3.05, 3.63) is 35.4 Å². The Balaban J connectivity index is 1.50. The number of aromatic carboxylic acids is 1. The first-order valence-electron chi connectivity index (χ1n) is 8.52. The molecule has 3 rings (SSSR count). The zero-order valence-corrected chi connectivity index (χ0v) is 13.8. The zero-order valence-electron chi connectivity index (χ0n) is 13.8. The smallest absolute Gasteiger partial charge is 0.335 e. The van der Waals surface area contributed by atoms with Crippen LogP contribution in [0.25, 0.3) is 0 Å². The van der Waals surface area contributed by atoms with Crippen molar-refractivity contribution in [2.24, 2.45) is 5.92 Å². The minimum atomic E-state index is -0.898. The maximum atomic E-state index is 12.4. The Kier molecular flexibility index (Phi) is 5.48. The van der Waals surface area contributed by atoms with Gasteiger partial charge in [0.05, 0.1) is 25.3 Å². The lowest BCUT2D eigenvalue weighted by molar-refractivity contribution is -0.132. The molecule has 0 spiro atoms. The summed E-state index contributed by atoms with van der Waals surface area (Å²) in [6, 6.07) is 7.10. The Bertz CT molecular complexity index is 598. The van der Waals surface area contributed by atoms with Crippen LogP contribution in [-0.2, 0) is 16.0 Å². The quantitative estimate of drug-likeness (QED) is 0.875. The Morgan fingerprint density at radius 3 is 2.75 bits per heavy atom. The van der Waals surface area contributed by atoms with Gasteiger partial charge in [0.1, 0.15) is 0 Å². The number of amides is 1. The van der Waals surface area contributed by atoms with Gasteiger partial charge in [-0.3, -0.25) is 9.69 Å². The third-order valence-electron chi connectivity index (χ3n) is 4.80. The third-order valence-corrected chi connectivity index (χ3v) is 4.80. The van der Waals surface area contributed by atoms with Crippen LogP contribution in [0, 0.1) is 5.92 Å². The first kappa shape index (κ1) is 16.9. The van der Waals surface area contributed by atoms with Crippen molar-refractivity contribution < 1.29 is 19.4 Å². The number of likely N-dealkylation sites (tertiary alicyclic amines) is 1. The fourth-order valence-corrected chi connectivity index (χ4v) is 3.44. The molecule has 1 N–H and O–H groups in total. The van der Waals surface area contributed by atoms with Crippen LogP contribution < -0.4 is 0 Å². The number of rotatable bonds is 5. The molecule has 0 radical (unpaired) electrons. The van der Waals surface area contributed by atoms with Crippen molar-refractivity contribution in [2.45, 2.75) is 12.8 Å². The van der Waals surface area contributed by atoms with Gasteiger partial charge in [0, 0.05) is 26.2 Å². The minimum Gasteiger partial charge on any atom is -0.478 e. The van der Waals surface area contributed by atoms with E-state index in [4.69, 9.17) is 9.84 Å². The number of carboxylic acids is 1. The summed E-state index contributed by atoms with van der Waals surface area (Å²) in [6.07, 6.45) is 1.80. The van der Waals surface area contributed by atoms with Crippen LogP contribution in [0.1, 0.15) is 22.3 Å². The molecule has 1 unspecified atom stereocenters. The molecule has 1 aromatic rings. The van der Waals surface area contributed by atoms with Gasteiger partial charge in [-0.2, -0.15) is 0 Å². The first-order valence-corrected chi connectivity index (χ1v) is 8.52. The largest absolute Gasteiger partial charge is 0.478 e. The molecule has 2 aliphatic rings. The van der Waals surface area contributed by atoms with Gasteiger partial charge in [0.15, 0.2) is 0 Å². The van der Waals surface area contributed by atoms with Crippen molar-refractivity contribution in [1.82, 2.24) is 9.80 Å². The molecule has 0 aliphatic carbocycles. The van der Waals surface area contributed by atoms with Crippen LogP contribution in [0.4, 0.5) is 0 Å². The first-order chi connectivity index (χ1) is 11.6. The Hall–Kier alpha value is -1.92. The fourth-order valence-electron chi connectivity index (χ4n) is 3.44. The van der Waals surface area contributed by atoms with Gasteiger partial charge in [-0.1, -0.05) is 12.1 Å². The molecule has 0 aromatic heterocycles. The average molecular weight is 332 g/mol. The summed E-state index contributed by atoms with van der Waals surface area (Å²) >= 11 is 0. The summed E-state index contributed by atoms with van der Waals surface area (Å²) in [4.78, 5) is 27.6. The van der Waals surface area contributed by atoms with Crippen molar-refractivity contribution in [2.75, 3.05) is 45.9 Å². The molecule has 130 valence electrons. The fraction of sp³-hybridized carbons (Fsp3) is 0.556. The highest BCUT2D eigenvalue weighted by Crippen LogP contribution is 2.21. The average Bonchev–Trinajstić information content (AvgIpc) is 3.04. The number of carbonyl (C=O) groups is 2. The molecule has 2 saturated heterocycles. The number of hydrogen-bond acceptors (Lipinski definition) is 4. The minimum absolute atomic E-state index is 0.193. The van der Waals surface area contributed by atoms with Crippen LogP contribution in [0.15, 0.2) is 24.3 Å². The summed E-state index contributed by atoms with van der Waals surface area (Å²) in [5.41, 5.74) is 1.35. The topological polar surface area (TPSA) is 70.1 Å². The van der Waals surface area contributed by atoms with Gasteiger partial charge in [-0.05, 0) is 36.5 Å². The van der Waals surface area contributed by atoms with Crippen LogP contribution in [-0.4, -0.2) is 72.7 Å². The molecular formula is C18H24N2O4. The lowest BCUT2D eigenvalue weighted by Crippen LogP contribution is -2.44. The normalized spacial score (nSPS) is 21.8. The lowest BCUT2D eigenvalue weighted by Gasteiger charge is -2.28. The SMILES string of the molecule is O=C(O)c1cccc(CC2CCN(C(=O)CN3CCOCC3)C2)c1. The van der Waals surface area contributed by atoms with Gasteiger partial charge < -0.3 is 14.7 Å².